The molecule has 1 amide bonds. The molecule has 3 N–H and O–H groups in total. The van der Waals surface area contributed by atoms with E-state index in [-0.39, 0.29) is 12.5 Å². The van der Waals surface area contributed by atoms with Crippen LogP contribution >= 0.6 is 0 Å². The standard InChI is InChI=1S/C51H91NO3/c1-3-5-7-9-11-12-13-14-15-16-17-18-19-20-21-22-23-24-25-26-27-28-29-30-31-32-33-34-35-36-37-38-39-40-41-43-45-47-51(55)52-49(48-53)50(54)46-44-42-10-8-6-4-2/h5,7,11-12,14-15,17-18,20-21,23-24,49-50,53-54H,3-4,6,8-10,13,16,19,22,25-48H2,1-2H3,(H,52,55)/b7-5-,12-11-,15-14-,18-17-,21-20-,24-23-. The number of rotatable bonds is 42. The molecule has 0 aliphatic carbocycles. The molecule has 0 aliphatic heterocycles. The Bertz CT molecular complexity index is 961. The first-order chi connectivity index (χ1) is 27.2. The summed E-state index contributed by atoms with van der Waals surface area (Å²) in [4.78, 5) is 12.3. The molecule has 0 saturated heterocycles. The quantitative estimate of drug-likeness (QED) is 0.0428. The highest BCUT2D eigenvalue weighted by Gasteiger charge is 2.19. The SMILES string of the molecule is CC/C=C\C/C=C\C/C=C\C/C=C\C/C=C\C/C=C\CCCCCCCCCCCCCCCCCCCCC(=O)NC(CO)C(O)CCCCCCCC. The van der Waals surface area contributed by atoms with Gasteiger partial charge >= 0.3 is 0 Å². The monoisotopic (exact) mass is 766 g/mol. The van der Waals surface area contributed by atoms with E-state index < -0.39 is 12.1 Å². The molecule has 0 rings (SSSR count). The van der Waals surface area contributed by atoms with E-state index in [9.17, 15) is 15.0 Å². The molecule has 0 radical (unpaired) electrons. The van der Waals surface area contributed by atoms with E-state index in [1.54, 1.807) is 0 Å². The van der Waals surface area contributed by atoms with Crippen molar-refractivity contribution in [1.82, 2.24) is 5.32 Å². The van der Waals surface area contributed by atoms with Gasteiger partial charge in [-0.1, -0.05) is 228 Å². The fraction of sp³-hybridized carbons (Fsp3) is 0.745. The van der Waals surface area contributed by atoms with Crippen LogP contribution in [0.25, 0.3) is 0 Å². The van der Waals surface area contributed by atoms with E-state index in [0.717, 1.165) is 64.2 Å². The number of carbonyl (C=O) groups is 1. The molecule has 2 unspecified atom stereocenters. The van der Waals surface area contributed by atoms with Crippen LogP contribution in [0, 0.1) is 0 Å². The molecule has 0 heterocycles. The predicted molar refractivity (Wildman–Crippen MR) is 244 cm³/mol. The van der Waals surface area contributed by atoms with Crippen LogP contribution in [0.4, 0.5) is 0 Å². The van der Waals surface area contributed by atoms with Gasteiger partial charge in [0.25, 0.3) is 0 Å². The van der Waals surface area contributed by atoms with Crippen molar-refractivity contribution in [2.45, 2.75) is 238 Å². The zero-order chi connectivity index (χ0) is 40.0. The van der Waals surface area contributed by atoms with Crippen LogP contribution in [0.5, 0.6) is 0 Å². The first-order valence-corrected chi connectivity index (χ1v) is 23.6. The molecule has 0 aliphatic rings. The van der Waals surface area contributed by atoms with Crippen molar-refractivity contribution in [3.8, 4) is 0 Å². The highest BCUT2D eigenvalue weighted by molar-refractivity contribution is 5.76. The molecule has 0 aromatic carbocycles. The zero-order valence-corrected chi connectivity index (χ0v) is 36.4. The van der Waals surface area contributed by atoms with Crippen LogP contribution in [0.1, 0.15) is 226 Å². The summed E-state index contributed by atoms with van der Waals surface area (Å²) in [5, 5.41) is 22.9. The lowest BCUT2D eigenvalue weighted by Crippen LogP contribution is -2.45. The second-order valence-electron chi connectivity index (χ2n) is 15.8. The van der Waals surface area contributed by atoms with Gasteiger partial charge in [-0.2, -0.15) is 0 Å². The Morgan fingerprint density at radius 3 is 1.20 bits per heavy atom. The Morgan fingerprint density at radius 2 is 0.800 bits per heavy atom. The molecule has 0 bridgehead atoms. The Hall–Kier alpha value is -2.17. The lowest BCUT2D eigenvalue weighted by molar-refractivity contribution is -0.123. The second-order valence-corrected chi connectivity index (χ2v) is 15.8. The van der Waals surface area contributed by atoms with E-state index in [0.29, 0.717) is 12.8 Å². The second kappa shape index (κ2) is 46.2. The Balaban J connectivity index is 3.41. The Kier molecular flexibility index (Phi) is 44.4. The summed E-state index contributed by atoms with van der Waals surface area (Å²) in [7, 11) is 0. The number of amides is 1. The molecular formula is C51H91NO3. The van der Waals surface area contributed by atoms with Crippen molar-refractivity contribution < 1.29 is 15.0 Å². The minimum Gasteiger partial charge on any atom is -0.394 e. The summed E-state index contributed by atoms with van der Waals surface area (Å²) >= 11 is 0. The highest BCUT2D eigenvalue weighted by Crippen LogP contribution is 2.16. The van der Waals surface area contributed by atoms with Gasteiger partial charge in [0.1, 0.15) is 0 Å². The topological polar surface area (TPSA) is 69.6 Å². The maximum Gasteiger partial charge on any atom is 0.220 e. The van der Waals surface area contributed by atoms with Crippen molar-refractivity contribution in [1.29, 1.82) is 0 Å². The number of carbonyl (C=O) groups excluding carboxylic acids is 1. The average molecular weight is 766 g/mol. The van der Waals surface area contributed by atoms with Gasteiger partial charge in [0.15, 0.2) is 0 Å². The molecule has 318 valence electrons. The minimum atomic E-state index is -0.656. The zero-order valence-electron chi connectivity index (χ0n) is 36.4. The highest BCUT2D eigenvalue weighted by atomic mass is 16.3. The van der Waals surface area contributed by atoms with E-state index >= 15 is 0 Å². The van der Waals surface area contributed by atoms with Gasteiger partial charge in [-0.25, -0.2) is 0 Å². The summed E-state index contributed by atoms with van der Waals surface area (Å²) in [6, 6.07) is -0.533. The molecule has 4 nitrogen and oxygen atoms in total. The molecule has 0 aromatic rings. The van der Waals surface area contributed by atoms with Crippen LogP contribution in [-0.4, -0.2) is 34.9 Å². The smallest absolute Gasteiger partial charge is 0.220 e. The van der Waals surface area contributed by atoms with Crippen molar-refractivity contribution in [3.05, 3.63) is 72.9 Å². The number of hydrogen-bond donors (Lipinski definition) is 3. The number of aliphatic hydroxyl groups excluding tert-OH is 2. The third-order valence-electron chi connectivity index (χ3n) is 10.5. The number of unbranched alkanes of at least 4 members (excludes halogenated alkanes) is 23. The van der Waals surface area contributed by atoms with E-state index in [2.05, 4.69) is 92.1 Å². The average Bonchev–Trinajstić information content (AvgIpc) is 3.19. The van der Waals surface area contributed by atoms with Gasteiger partial charge in [-0.3, -0.25) is 4.79 Å². The largest absolute Gasteiger partial charge is 0.394 e. The normalized spacial score (nSPS) is 13.6. The number of hydrogen-bond acceptors (Lipinski definition) is 3. The van der Waals surface area contributed by atoms with Crippen LogP contribution < -0.4 is 5.32 Å². The van der Waals surface area contributed by atoms with Gasteiger partial charge in [0, 0.05) is 6.42 Å². The maximum atomic E-state index is 12.3. The van der Waals surface area contributed by atoms with Crippen LogP contribution in [0.2, 0.25) is 0 Å². The molecule has 0 aromatic heterocycles. The van der Waals surface area contributed by atoms with Crippen molar-refractivity contribution >= 4 is 5.91 Å². The molecule has 55 heavy (non-hydrogen) atoms. The fourth-order valence-electron chi connectivity index (χ4n) is 6.89. The van der Waals surface area contributed by atoms with Crippen LogP contribution in [0.3, 0.4) is 0 Å². The predicted octanol–water partition coefficient (Wildman–Crippen LogP) is 15.1. The molecule has 0 spiro atoms. The van der Waals surface area contributed by atoms with E-state index in [1.165, 1.54) is 135 Å². The molecule has 4 heteroatoms. The van der Waals surface area contributed by atoms with E-state index in [1.807, 2.05) is 0 Å². The first kappa shape index (κ1) is 52.8. The minimum absolute atomic E-state index is 0.0375. The summed E-state index contributed by atoms with van der Waals surface area (Å²) in [5.41, 5.74) is 0. The molecule has 2 atom stereocenters. The number of allylic oxidation sites excluding steroid dienone is 12. The van der Waals surface area contributed by atoms with Gasteiger partial charge in [0.05, 0.1) is 18.8 Å². The third kappa shape index (κ3) is 42.8. The summed E-state index contributed by atoms with van der Waals surface area (Å²) < 4.78 is 0. The molecule has 0 saturated carbocycles. The van der Waals surface area contributed by atoms with Crippen LogP contribution in [0.15, 0.2) is 72.9 Å². The lowest BCUT2D eigenvalue weighted by Gasteiger charge is -2.22. The maximum absolute atomic E-state index is 12.3. The van der Waals surface area contributed by atoms with Gasteiger partial charge in [0.2, 0.25) is 5.91 Å². The Labute approximate surface area is 342 Å². The first-order valence-electron chi connectivity index (χ1n) is 23.6. The number of aliphatic hydroxyl groups is 2. The molecular weight excluding hydrogens is 675 g/mol. The van der Waals surface area contributed by atoms with Crippen molar-refractivity contribution in [2.75, 3.05) is 6.61 Å². The van der Waals surface area contributed by atoms with Gasteiger partial charge in [-0.15, -0.1) is 0 Å². The molecule has 0 fully saturated rings. The van der Waals surface area contributed by atoms with E-state index in [4.69, 9.17) is 0 Å². The third-order valence-corrected chi connectivity index (χ3v) is 10.5. The van der Waals surface area contributed by atoms with Crippen molar-refractivity contribution in [2.24, 2.45) is 0 Å². The van der Waals surface area contributed by atoms with Crippen LogP contribution in [-0.2, 0) is 4.79 Å². The Morgan fingerprint density at radius 1 is 0.455 bits per heavy atom. The number of nitrogens with one attached hydrogen (secondary N) is 1. The summed E-state index contributed by atoms with van der Waals surface area (Å²) in [6.07, 6.45) is 66.0. The van der Waals surface area contributed by atoms with Gasteiger partial charge in [-0.05, 0) is 64.2 Å². The van der Waals surface area contributed by atoms with Crippen molar-refractivity contribution in [3.63, 3.8) is 0 Å². The fourth-order valence-corrected chi connectivity index (χ4v) is 6.89. The summed E-state index contributed by atoms with van der Waals surface area (Å²) in [6.45, 7) is 4.18. The summed E-state index contributed by atoms with van der Waals surface area (Å²) in [5.74, 6) is -0.0375. The van der Waals surface area contributed by atoms with Gasteiger partial charge < -0.3 is 15.5 Å². The lowest BCUT2D eigenvalue weighted by atomic mass is 10.0.